The zero-order valence-corrected chi connectivity index (χ0v) is 14.0. The molecule has 0 fully saturated rings. The average Bonchev–Trinajstić information content (AvgIpc) is 2.60. The summed E-state index contributed by atoms with van der Waals surface area (Å²) in [5.41, 5.74) is 3.18. The van der Waals surface area contributed by atoms with Crippen molar-refractivity contribution in [2.45, 2.75) is 19.4 Å². The molecule has 0 saturated heterocycles. The lowest BCUT2D eigenvalue weighted by Gasteiger charge is -2.29. The molecule has 2 heterocycles. The molecule has 0 atom stereocenters. The molecule has 1 aliphatic rings. The molecule has 0 unspecified atom stereocenters. The van der Waals surface area contributed by atoms with Crippen LogP contribution in [0.5, 0.6) is 0 Å². The van der Waals surface area contributed by atoms with Crippen LogP contribution in [0.3, 0.4) is 0 Å². The van der Waals surface area contributed by atoms with Gasteiger partial charge in [0.1, 0.15) is 0 Å². The topological polar surface area (TPSA) is 59.5 Å². The van der Waals surface area contributed by atoms with E-state index in [9.17, 15) is 9.59 Å². The first-order valence-electron chi connectivity index (χ1n) is 7.64. The van der Waals surface area contributed by atoms with Crippen LogP contribution in [0.1, 0.15) is 27.0 Å². The molecule has 0 saturated carbocycles. The number of rotatable bonds is 3. The molecule has 24 heavy (non-hydrogen) atoms. The molecular formula is C18H17ClN2O3. The standard InChI is InChI=1S/C18H17ClN2O3/c1-24-18(23)16-10-20-9-13-11-21(6-5-15(13)16)17(22)8-12-3-2-4-14(19)7-12/h2-4,7,9-10H,5-6,8,11H2,1H3. The predicted molar refractivity (Wildman–Crippen MR) is 89.9 cm³/mol. The molecule has 0 aliphatic carbocycles. The second-order valence-electron chi connectivity index (χ2n) is 5.69. The zero-order chi connectivity index (χ0) is 17.1. The smallest absolute Gasteiger partial charge is 0.339 e. The van der Waals surface area contributed by atoms with Crippen LogP contribution >= 0.6 is 11.6 Å². The van der Waals surface area contributed by atoms with E-state index in [0.29, 0.717) is 36.5 Å². The van der Waals surface area contributed by atoms with Gasteiger partial charge < -0.3 is 9.64 Å². The van der Waals surface area contributed by atoms with E-state index in [2.05, 4.69) is 4.98 Å². The first kappa shape index (κ1) is 16.5. The van der Waals surface area contributed by atoms with Crippen LogP contribution < -0.4 is 0 Å². The number of esters is 1. The molecule has 2 aromatic rings. The summed E-state index contributed by atoms with van der Waals surface area (Å²) in [5, 5.41) is 0.621. The normalized spacial score (nSPS) is 13.3. The maximum atomic E-state index is 12.5. The van der Waals surface area contributed by atoms with Gasteiger partial charge in [-0.25, -0.2) is 4.79 Å². The number of halogens is 1. The minimum absolute atomic E-state index is 0.0337. The Morgan fingerprint density at radius 3 is 2.92 bits per heavy atom. The van der Waals surface area contributed by atoms with Gasteiger partial charge in [0.2, 0.25) is 5.91 Å². The number of ether oxygens (including phenoxy) is 1. The summed E-state index contributed by atoms with van der Waals surface area (Å²) in [6.07, 6.45) is 4.15. The van der Waals surface area contributed by atoms with Crippen molar-refractivity contribution < 1.29 is 14.3 Å². The number of benzene rings is 1. The maximum Gasteiger partial charge on any atom is 0.339 e. The number of hydrogen-bond acceptors (Lipinski definition) is 4. The lowest BCUT2D eigenvalue weighted by Crippen LogP contribution is -2.37. The molecule has 1 aliphatic heterocycles. The van der Waals surface area contributed by atoms with Gasteiger partial charge >= 0.3 is 5.97 Å². The maximum absolute atomic E-state index is 12.5. The third kappa shape index (κ3) is 3.41. The van der Waals surface area contributed by atoms with Gasteiger partial charge in [-0.15, -0.1) is 0 Å². The van der Waals surface area contributed by atoms with E-state index in [4.69, 9.17) is 16.3 Å². The Hall–Kier alpha value is -2.40. The van der Waals surface area contributed by atoms with Crippen LogP contribution in [0.4, 0.5) is 0 Å². The van der Waals surface area contributed by atoms with Gasteiger partial charge in [0, 0.05) is 30.5 Å². The fourth-order valence-corrected chi connectivity index (χ4v) is 3.14. The minimum atomic E-state index is -0.391. The molecule has 0 N–H and O–H groups in total. The first-order chi connectivity index (χ1) is 11.6. The minimum Gasteiger partial charge on any atom is -0.465 e. The quantitative estimate of drug-likeness (QED) is 0.803. The number of amides is 1. The van der Waals surface area contributed by atoms with Gasteiger partial charge in [-0.05, 0) is 35.2 Å². The van der Waals surface area contributed by atoms with Crippen LogP contribution in [0.2, 0.25) is 5.02 Å². The molecule has 3 rings (SSSR count). The monoisotopic (exact) mass is 344 g/mol. The van der Waals surface area contributed by atoms with Crippen molar-refractivity contribution in [3.05, 3.63) is 63.9 Å². The molecule has 1 aromatic heterocycles. The highest BCUT2D eigenvalue weighted by atomic mass is 35.5. The van der Waals surface area contributed by atoms with E-state index in [-0.39, 0.29) is 5.91 Å². The number of hydrogen-bond donors (Lipinski definition) is 0. The number of nitrogens with zero attached hydrogens (tertiary/aromatic N) is 2. The summed E-state index contributed by atoms with van der Waals surface area (Å²) in [5.74, 6) is -0.357. The van der Waals surface area contributed by atoms with E-state index >= 15 is 0 Å². The molecule has 5 nitrogen and oxygen atoms in total. The zero-order valence-electron chi connectivity index (χ0n) is 13.3. The van der Waals surface area contributed by atoms with Crippen molar-refractivity contribution >= 4 is 23.5 Å². The summed E-state index contributed by atoms with van der Waals surface area (Å²) >= 11 is 5.96. The molecule has 1 aromatic carbocycles. The predicted octanol–water partition coefficient (Wildman–Crippen LogP) is 2.65. The lowest BCUT2D eigenvalue weighted by molar-refractivity contribution is -0.131. The number of methoxy groups -OCH3 is 1. The third-order valence-electron chi connectivity index (χ3n) is 4.14. The van der Waals surface area contributed by atoms with Gasteiger partial charge in [-0.3, -0.25) is 9.78 Å². The van der Waals surface area contributed by atoms with Gasteiger partial charge in [-0.1, -0.05) is 23.7 Å². The Morgan fingerprint density at radius 1 is 1.33 bits per heavy atom. The van der Waals surface area contributed by atoms with E-state index in [1.165, 1.54) is 13.3 Å². The van der Waals surface area contributed by atoms with Crippen molar-refractivity contribution in [1.29, 1.82) is 0 Å². The Kier molecular flexibility index (Phi) is 4.81. The van der Waals surface area contributed by atoms with Crippen molar-refractivity contribution in [3.8, 4) is 0 Å². The van der Waals surface area contributed by atoms with Crippen LogP contribution in [-0.4, -0.2) is 35.4 Å². The number of pyridine rings is 1. The van der Waals surface area contributed by atoms with Crippen LogP contribution in [0, 0.1) is 0 Å². The van der Waals surface area contributed by atoms with Gasteiger partial charge in [-0.2, -0.15) is 0 Å². The summed E-state index contributed by atoms with van der Waals surface area (Å²) in [6.45, 7) is 1.02. The SMILES string of the molecule is COC(=O)c1cncc2c1CCN(C(=O)Cc1cccc(Cl)c1)C2. The highest BCUT2D eigenvalue weighted by Crippen LogP contribution is 2.23. The molecule has 0 spiro atoms. The molecule has 1 amide bonds. The van der Waals surface area contributed by atoms with Gasteiger partial charge in [0.15, 0.2) is 0 Å². The van der Waals surface area contributed by atoms with Gasteiger partial charge in [0.05, 0.1) is 19.1 Å². The largest absolute Gasteiger partial charge is 0.465 e. The van der Waals surface area contributed by atoms with Crippen LogP contribution in [0.25, 0.3) is 0 Å². The van der Waals surface area contributed by atoms with Crippen molar-refractivity contribution in [3.63, 3.8) is 0 Å². The molecule has 0 radical (unpaired) electrons. The van der Waals surface area contributed by atoms with Crippen molar-refractivity contribution in [2.75, 3.05) is 13.7 Å². The number of aromatic nitrogens is 1. The summed E-state index contributed by atoms with van der Waals surface area (Å²) in [6, 6.07) is 7.31. The molecule has 6 heteroatoms. The highest BCUT2D eigenvalue weighted by Gasteiger charge is 2.25. The Morgan fingerprint density at radius 2 is 2.17 bits per heavy atom. The van der Waals surface area contributed by atoms with E-state index < -0.39 is 5.97 Å². The number of carbonyl (C=O) groups excluding carboxylic acids is 2. The van der Waals surface area contributed by atoms with E-state index in [0.717, 1.165) is 16.7 Å². The van der Waals surface area contributed by atoms with Crippen molar-refractivity contribution in [1.82, 2.24) is 9.88 Å². The summed E-state index contributed by atoms with van der Waals surface area (Å²) in [7, 11) is 1.35. The fraction of sp³-hybridized carbons (Fsp3) is 0.278. The number of fused-ring (bicyclic) bond motifs is 1. The van der Waals surface area contributed by atoms with Crippen LogP contribution in [0.15, 0.2) is 36.7 Å². The highest BCUT2D eigenvalue weighted by molar-refractivity contribution is 6.30. The summed E-state index contributed by atoms with van der Waals surface area (Å²) in [4.78, 5) is 30.2. The Labute approximate surface area is 145 Å². The molecule has 0 bridgehead atoms. The lowest BCUT2D eigenvalue weighted by atomic mass is 9.96. The van der Waals surface area contributed by atoms with E-state index in [1.807, 2.05) is 12.1 Å². The second kappa shape index (κ2) is 7.01. The fourth-order valence-electron chi connectivity index (χ4n) is 2.93. The van der Waals surface area contributed by atoms with E-state index in [1.54, 1.807) is 23.2 Å². The van der Waals surface area contributed by atoms with Crippen LogP contribution in [-0.2, 0) is 28.9 Å². The number of carbonyl (C=O) groups is 2. The Bertz CT molecular complexity index is 792. The van der Waals surface area contributed by atoms with Gasteiger partial charge in [0.25, 0.3) is 0 Å². The summed E-state index contributed by atoms with van der Waals surface area (Å²) < 4.78 is 4.79. The second-order valence-corrected chi connectivity index (χ2v) is 6.12. The third-order valence-corrected chi connectivity index (χ3v) is 4.38. The Balaban J connectivity index is 1.75. The average molecular weight is 345 g/mol. The van der Waals surface area contributed by atoms with Crippen molar-refractivity contribution in [2.24, 2.45) is 0 Å². The first-order valence-corrected chi connectivity index (χ1v) is 8.02. The molecular weight excluding hydrogens is 328 g/mol. The molecule has 124 valence electrons.